The van der Waals surface area contributed by atoms with Crippen molar-refractivity contribution < 1.29 is 19.1 Å². The SMILES string of the molecule is Cc1oc(-c2ccsc2)nc1CC(=O)NC1(C(=O)O)CCCCC1. The average Bonchev–Trinajstić information content (AvgIpc) is 3.18. The Kier molecular flexibility index (Phi) is 4.71. The summed E-state index contributed by atoms with van der Waals surface area (Å²) >= 11 is 1.54. The van der Waals surface area contributed by atoms with Crippen LogP contribution in [0.1, 0.15) is 43.6 Å². The van der Waals surface area contributed by atoms with Gasteiger partial charge in [-0.1, -0.05) is 19.3 Å². The molecule has 0 saturated heterocycles. The van der Waals surface area contributed by atoms with E-state index in [4.69, 9.17) is 4.42 Å². The predicted molar refractivity (Wildman–Crippen MR) is 89.9 cm³/mol. The number of thiophene rings is 1. The predicted octanol–water partition coefficient (Wildman–Crippen LogP) is 3.16. The number of aliphatic carboxylic acids is 1. The van der Waals surface area contributed by atoms with Crippen LogP contribution < -0.4 is 5.32 Å². The minimum absolute atomic E-state index is 0.0223. The molecule has 0 aliphatic heterocycles. The van der Waals surface area contributed by atoms with Crippen molar-refractivity contribution in [3.05, 3.63) is 28.3 Å². The molecule has 2 heterocycles. The summed E-state index contributed by atoms with van der Waals surface area (Å²) in [5, 5.41) is 16.1. The van der Waals surface area contributed by atoms with E-state index in [1.54, 1.807) is 18.3 Å². The minimum atomic E-state index is -1.14. The largest absolute Gasteiger partial charge is 0.480 e. The molecule has 0 atom stereocenters. The first-order valence-electron chi connectivity index (χ1n) is 8.03. The van der Waals surface area contributed by atoms with E-state index in [0.29, 0.717) is 30.2 Å². The zero-order valence-electron chi connectivity index (χ0n) is 13.5. The van der Waals surface area contributed by atoms with Gasteiger partial charge in [-0.2, -0.15) is 11.3 Å². The molecular weight excluding hydrogens is 328 g/mol. The van der Waals surface area contributed by atoms with Gasteiger partial charge in [0.15, 0.2) is 0 Å². The molecule has 0 spiro atoms. The summed E-state index contributed by atoms with van der Waals surface area (Å²) in [6.45, 7) is 1.76. The fourth-order valence-electron chi connectivity index (χ4n) is 3.11. The maximum absolute atomic E-state index is 12.4. The Hall–Kier alpha value is -2.15. The third-order valence-corrected chi connectivity index (χ3v) is 5.17. The van der Waals surface area contributed by atoms with E-state index in [0.717, 1.165) is 24.8 Å². The molecule has 0 aromatic carbocycles. The van der Waals surface area contributed by atoms with Gasteiger partial charge >= 0.3 is 5.97 Å². The molecule has 3 rings (SSSR count). The fourth-order valence-corrected chi connectivity index (χ4v) is 3.74. The molecule has 0 bridgehead atoms. The van der Waals surface area contributed by atoms with Crippen LogP contribution in [0.25, 0.3) is 11.5 Å². The molecule has 128 valence electrons. The fraction of sp³-hybridized carbons (Fsp3) is 0.471. The van der Waals surface area contributed by atoms with E-state index < -0.39 is 11.5 Å². The number of carbonyl (C=O) groups excluding carboxylic acids is 1. The number of carbonyl (C=O) groups is 2. The van der Waals surface area contributed by atoms with Crippen molar-refractivity contribution in [3.8, 4) is 11.5 Å². The van der Waals surface area contributed by atoms with Gasteiger partial charge in [0, 0.05) is 10.9 Å². The molecule has 6 nitrogen and oxygen atoms in total. The summed E-state index contributed by atoms with van der Waals surface area (Å²) in [4.78, 5) is 28.4. The van der Waals surface area contributed by atoms with Gasteiger partial charge in [-0.3, -0.25) is 4.79 Å². The highest BCUT2D eigenvalue weighted by molar-refractivity contribution is 7.08. The van der Waals surface area contributed by atoms with Crippen LogP contribution in [0.5, 0.6) is 0 Å². The van der Waals surface area contributed by atoms with Crippen LogP contribution in [0.2, 0.25) is 0 Å². The van der Waals surface area contributed by atoms with Gasteiger partial charge in [0.2, 0.25) is 11.8 Å². The number of carboxylic acid groups (broad SMARTS) is 1. The Balaban J connectivity index is 1.71. The Labute approximate surface area is 143 Å². The lowest BCUT2D eigenvalue weighted by Crippen LogP contribution is -2.56. The van der Waals surface area contributed by atoms with E-state index >= 15 is 0 Å². The van der Waals surface area contributed by atoms with E-state index in [9.17, 15) is 14.7 Å². The third kappa shape index (κ3) is 3.36. The van der Waals surface area contributed by atoms with Gasteiger partial charge in [-0.05, 0) is 31.2 Å². The lowest BCUT2D eigenvalue weighted by Gasteiger charge is -2.33. The highest BCUT2D eigenvalue weighted by Crippen LogP contribution is 2.29. The molecule has 2 aromatic heterocycles. The van der Waals surface area contributed by atoms with Crippen LogP contribution in [-0.4, -0.2) is 27.5 Å². The topological polar surface area (TPSA) is 92.4 Å². The number of aryl methyl sites for hydroxylation is 1. The van der Waals surface area contributed by atoms with E-state index in [2.05, 4.69) is 10.3 Å². The molecule has 1 aliphatic carbocycles. The number of rotatable bonds is 5. The van der Waals surface area contributed by atoms with Gasteiger partial charge in [-0.25, -0.2) is 9.78 Å². The smallest absolute Gasteiger partial charge is 0.329 e. The van der Waals surface area contributed by atoms with Crippen LogP contribution in [0.4, 0.5) is 0 Å². The van der Waals surface area contributed by atoms with Crippen molar-refractivity contribution in [2.75, 3.05) is 0 Å². The number of oxazole rings is 1. The summed E-state index contributed by atoms with van der Waals surface area (Å²) in [6, 6.07) is 1.90. The van der Waals surface area contributed by atoms with Crippen LogP contribution in [0.3, 0.4) is 0 Å². The molecule has 1 amide bonds. The Morgan fingerprint density at radius 1 is 1.38 bits per heavy atom. The number of amides is 1. The first-order chi connectivity index (χ1) is 11.5. The third-order valence-electron chi connectivity index (χ3n) is 4.48. The maximum Gasteiger partial charge on any atom is 0.329 e. The van der Waals surface area contributed by atoms with E-state index in [-0.39, 0.29) is 12.3 Å². The molecule has 0 unspecified atom stereocenters. The highest BCUT2D eigenvalue weighted by Gasteiger charge is 2.41. The molecule has 2 aromatic rings. The van der Waals surface area contributed by atoms with Gasteiger partial charge in [0.05, 0.1) is 12.1 Å². The quantitative estimate of drug-likeness (QED) is 0.866. The lowest BCUT2D eigenvalue weighted by atomic mass is 9.81. The Morgan fingerprint density at radius 2 is 2.12 bits per heavy atom. The second-order valence-electron chi connectivity index (χ2n) is 6.21. The van der Waals surface area contributed by atoms with Crippen molar-refractivity contribution in [1.29, 1.82) is 0 Å². The summed E-state index contributed by atoms with van der Waals surface area (Å²) in [5.74, 6) is -0.208. The van der Waals surface area contributed by atoms with Gasteiger partial charge in [0.25, 0.3) is 0 Å². The standard InChI is InChI=1S/C17H20N2O4S/c1-11-13(18-15(23-11)12-5-8-24-10-12)9-14(20)19-17(16(21)22)6-3-2-4-7-17/h5,8,10H,2-4,6-7,9H2,1H3,(H,19,20)(H,21,22). The minimum Gasteiger partial charge on any atom is -0.480 e. The lowest BCUT2D eigenvalue weighted by molar-refractivity contribution is -0.149. The van der Waals surface area contributed by atoms with Gasteiger partial charge in [0.1, 0.15) is 11.3 Å². The van der Waals surface area contributed by atoms with Crippen molar-refractivity contribution in [3.63, 3.8) is 0 Å². The highest BCUT2D eigenvalue weighted by atomic mass is 32.1. The maximum atomic E-state index is 12.4. The van der Waals surface area contributed by atoms with E-state index in [1.807, 2.05) is 16.8 Å². The van der Waals surface area contributed by atoms with Gasteiger partial charge in [-0.15, -0.1) is 0 Å². The first kappa shape index (κ1) is 16.7. The zero-order chi connectivity index (χ0) is 17.2. The van der Waals surface area contributed by atoms with Crippen LogP contribution >= 0.6 is 11.3 Å². The molecule has 0 radical (unpaired) electrons. The van der Waals surface area contributed by atoms with Crippen molar-refractivity contribution in [2.45, 2.75) is 51.0 Å². The Bertz CT molecular complexity index is 730. The van der Waals surface area contributed by atoms with Crippen molar-refractivity contribution >= 4 is 23.2 Å². The first-order valence-corrected chi connectivity index (χ1v) is 8.98. The molecule has 7 heteroatoms. The van der Waals surface area contributed by atoms with Gasteiger partial charge < -0.3 is 14.8 Å². The van der Waals surface area contributed by atoms with E-state index in [1.165, 1.54) is 0 Å². The van der Waals surface area contributed by atoms with Crippen molar-refractivity contribution in [1.82, 2.24) is 10.3 Å². The van der Waals surface area contributed by atoms with Crippen LogP contribution in [0.15, 0.2) is 21.2 Å². The number of nitrogens with one attached hydrogen (secondary N) is 1. The molecule has 1 fully saturated rings. The zero-order valence-corrected chi connectivity index (χ0v) is 14.3. The summed E-state index contributed by atoms with van der Waals surface area (Å²) in [5.41, 5.74) is 0.289. The normalized spacial score (nSPS) is 16.7. The molecule has 1 saturated carbocycles. The number of carboxylic acids is 1. The molecule has 2 N–H and O–H groups in total. The molecular formula is C17H20N2O4S. The number of hydrogen-bond acceptors (Lipinski definition) is 5. The van der Waals surface area contributed by atoms with Crippen molar-refractivity contribution in [2.24, 2.45) is 0 Å². The second kappa shape index (κ2) is 6.76. The number of nitrogens with zero attached hydrogens (tertiary/aromatic N) is 1. The average molecular weight is 348 g/mol. The summed E-state index contributed by atoms with van der Waals surface area (Å²) in [7, 11) is 0. The summed E-state index contributed by atoms with van der Waals surface area (Å²) < 4.78 is 5.62. The molecule has 24 heavy (non-hydrogen) atoms. The van der Waals surface area contributed by atoms with Crippen LogP contribution in [0, 0.1) is 6.92 Å². The molecule has 1 aliphatic rings. The number of aromatic nitrogens is 1. The monoisotopic (exact) mass is 348 g/mol. The second-order valence-corrected chi connectivity index (χ2v) is 6.99. The Morgan fingerprint density at radius 3 is 2.75 bits per heavy atom. The summed E-state index contributed by atoms with van der Waals surface area (Å²) in [6.07, 6.45) is 3.62. The number of hydrogen-bond donors (Lipinski definition) is 2. The van der Waals surface area contributed by atoms with Crippen LogP contribution in [-0.2, 0) is 16.0 Å².